The lowest BCUT2D eigenvalue weighted by Gasteiger charge is -2.43. The number of carbonyl (C=O) groups excluding carboxylic acids is 4. The summed E-state index contributed by atoms with van der Waals surface area (Å²) in [4.78, 5) is 52.0. The topological polar surface area (TPSA) is 126 Å². The van der Waals surface area contributed by atoms with Gasteiger partial charge < -0.3 is 29.0 Å². The first-order chi connectivity index (χ1) is 21.0. The van der Waals surface area contributed by atoms with Gasteiger partial charge in [0.2, 0.25) is 3.79 Å². The van der Waals surface area contributed by atoms with Crippen molar-refractivity contribution >= 4 is 74.7 Å². The molecule has 0 aromatic heterocycles. The molecule has 0 spiro atoms. The second kappa shape index (κ2) is 15.6. The molecule has 0 unspecified atom stereocenters. The van der Waals surface area contributed by atoms with E-state index in [9.17, 15) is 19.2 Å². The van der Waals surface area contributed by atoms with E-state index in [0.717, 1.165) is 0 Å². The van der Waals surface area contributed by atoms with E-state index in [4.69, 9.17) is 58.5 Å². The molecule has 1 N–H and O–H groups in total. The van der Waals surface area contributed by atoms with Crippen LogP contribution in [-0.2, 0) is 23.7 Å². The van der Waals surface area contributed by atoms with Crippen molar-refractivity contribution in [1.29, 1.82) is 0 Å². The molecule has 3 aromatic rings. The Morgan fingerprint density at radius 1 is 0.705 bits per heavy atom. The zero-order valence-electron chi connectivity index (χ0n) is 22.6. The van der Waals surface area contributed by atoms with Crippen molar-refractivity contribution in [2.75, 3.05) is 13.2 Å². The van der Waals surface area contributed by atoms with E-state index in [1.807, 2.05) is 0 Å². The van der Waals surface area contributed by atoms with Crippen molar-refractivity contribution in [1.82, 2.24) is 5.32 Å². The van der Waals surface area contributed by atoms with Crippen LogP contribution in [0, 0.1) is 0 Å². The average Bonchev–Trinajstić information content (AvgIpc) is 3.02. The third kappa shape index (κ3) is 9.57. The number of hydrogen-bond acceptors (Lipinski definition) is 9. The van der Waals surface area contributed by atoms with Gasteiger partial charge in [0, 0.05) is 0 Å². The SMILES string of the molecule is O=C(N[C@@H]1[C@@H](OC(=O)c2ccccc2)[C@H](OC(=O)c2ccccc2)[C@@H](COC(=O)c2ccccc2)O[C@@H]1Br)OCC(Cl)(Cl)Cl. The fourth-order valence-electron chi connectivity index (χ4n) is 4.13. The number of halogens is 4. The normalized spacial score (nSPS) is 21.4. The minimum atomic E-state index is -1.89. The van der Waals surface area contributed by atoms with E-state index in [0.29, 0.717) is 0 Å². The number of amides is 1. The molecule has 1 aliphatic rings. The highest BCUT2D eigenvalue weighted by Gasteiger charge is 2.51. The van der Waals surface area contributed by atoms with Gasteiger partial charge in [-0.25, -0.2) is 19.2 Å². The van der Waals surface area contributed by atoms with E-state index < -0.39 is 70.4 Å². The highest BCUT2D eigenvalue weighted by molar-refractivity contribution is 9.09. The molecular formula is C30H25BrCl3NO9. The standard InChI is InChI=1S/C30H25BrCl3NO9/c31-25-22(35-29(39)41-17-30(32,33)34)24(44-28(38)20-14-8-3-9-15-20)23(43-27(37)19-12-6-2-7-13-19)21(42-25)16-40-26(36)18-10-4-1-5-11-18/h1-15,21-25H,16-17H2,(H,35,39)/t21-,22-,23-,24-,25+/m1/s1. The fraction of sp³-hybridized carbons (Fsp3) is 0.267. The zero-order valence-corrected chi connectivity index (χ0v) is 26.5. The second-order valence-corrected chi connectivity index (χ2v) is 12.7. The minimum Gasteiger partial charge on any atom is -0.459 e. The molecule has 1 saturated heterocycles. The van der Waals surface area contributed by atoms with Gasteiger partial charge in [-0.2, -0.15) is 0 Å². The molecule has 3 aromatic carbocycles. The van der Waals surface area contributed by atoms with Crippen LogP contribution in [0.3, 0.4) is 0 Å². The maximum Gasteiger partial charge on any atom is 0.407 e. The summed E-state index contributed by atoms with van der Waals surface area (Å²) in [7, 11) is 0. The Morgan fingerprint density at radius 3 is 1.64 bits per heavy atom. The first kappa shape index (κ1) is 33.5. The number of carbonyl (C=O) groups is 4. The van der Waals surface area contributed by atoms with Crippen LogP contribution in [0.2, 0.25) is 0 Å². The van der Waals surface area contributed by atoms with Gasteiger partial charge in [0.15, 0.2) is 12.2 Å². The van der Waals surface area contributed by atoms with Crippen molar-refractivity contribution in [3.05, 3.63) is 108 Å². The Hall–Kier alpha value is -3.35. The highest BCUT2D eigenvalue weighted by atomic mass is 79.9. The fourth-order valence-corrected chi connectivity index (χ4v) is 5.01. The molecule has 0 radical (unpaired) electrons. The van der Waals surface area contributed by atoms with Crippen molar-refractivity contribution in [2.24, 2.45) is 0 Å². The first-order valence-electron chi connectivity index (χ1n) is 13.1. The summed E-state index contributed by atoms with van der Waals surface area (Å²) in [5.41, 5.74) is 0.649. The number of alkyl halides is 4. The predicted molar refractivity (Wildman–Crippen MR) is 164 cm³/mol. The van der Waals surface area contributed by atoms with E-state index in [1.165, 1.54) is 24.3 Å². The van der Waals surface area contributed by atoms with Crippen LogP contribution in [0.4, 0.5) is 4.79 Å². The van der Waals surface area contributed by atoms with Gasteiger partial charge >= 0.3 is 24.0 Å². The summed E-state index contributed by atoms with van der Waals surface area (Å²) < 4.78 is 26.3. The number of ether oxygens (including phenoxy) is 5. The largest absolute Gasteiger partial charge is 0.459 e. The van der Waals surface area contributed by atoms with Crippen molar-refractivity contribution in [3.8, 4) is 0 Å². The third-order valence-corrected chi connectivity index (χ3v) is 7.29. The van der Waals surface area contributed by atoms with Gasteiger partial charge in [-0.1, -0.05) is 105 Å². The predicted octanol–water partition coefficient (Wildman–Crippen LogP) is 5.88. The smallest absolute Gasteiger partial charge is 0.407 e. The van der Waals surface area contributed by atoms with Gasteiger partial charge in [0.1, 0.15) is 30.4 Å². The van der Waals surface area contributed by atoms with Crippen LogP contribution in [0.15, 0.2) is 91.0 Å². The molecule has 1 fully saturated rings. The highest BCUT2D eigenvalue weighted by Crippen LogP contribution is 2.31. The van der Waals surface area contributed by atoms with Gasteiger partial charge in [0.05, 0.1) is 16.7 Å². The maximum absolute atomic E-state index is 13.3. The summed E-state index contributed by atoms with van der Waals surface area (Å²) in [6.45, 7) is -1.00. The van der Waals surface area contributed by atoms with Crippen molar-refractivity contribution in [3.63, 3.8) is 0 Å². The van der Waals surface area contributed by atoms with Crippen LogP contribution in [0.5, 0.6) is 0 Å². The van der Waals surface area contributed by atoms with Gasteiger partial charge in [0.25, 0.3) is 0 Å². The summed E-state index contributed by atoms with van der Waals surface area (Å²) in [5.74, 6) is -2.24. The maximum atomic E-state index is 13.3. The zero-order chi connectivity index (χ0) is 31.7. The number of rotatable bonds is 9. The molecule has 1 amide bonds. The summed E-state index contributed by atoms with van der Waals surface area (Å²) in [6.07, 6.45) is -5.00. The lowest BCUT2D eigenvalue weighted by atomic mass is 9.97. The molecular weight excluding hydrogens is 705 g/mol. The molecule has 5 atom stereocenters. The van der Waals surface area contributed by atoms with Gasteiger partial charge in [-0.05, 0) is 36.4 Å². The Bertz CT molecular complexity index is 1430. The Balaban J connectivity index is 1.65. The lowest BCUT2D eigenvalue weighted by Crippen LogP contribution is -2.65. The Kier molecular flexibility index (Phi) is 11.9. The Morgan fingerprint density at radius 2 is 1.16 bits per heavy atom. The number of hydrogen-bond donors (Lipinski definition) is 1. The third-order valence-electron chi connectivity index (χ3n) is 6.18. The molecule has 0 bridgehead atoms. The van der Waals surface area contributed by atoms with Gasteiger partial charge in [-0.15, -0.1) is 0 Å². The minimum absolute atomic E-state index is 0.183. The van der Waals surface area contributed by atoms with E-state index >= 15 is 0 Å². The van der Waals surface area contributed by atoms with Crippen LogP contribution in [0.25, 0.3) is 0 Å². The number of nitrogens with one attached hydrogen (secondary N) is 1. The number of esters is 3. The first-order valence-corrected chi connectivity index (χ1v) is 15.1. The quantitative estimate of drug-likeness (QED) is 0.163. The average molecular weight is 730 g/mol. The van der Waals surface area contributed by atoms with E-state index in [2.05, 4.69) is 21.2 Å². The molecule has 10 nitrogen and oxygen atoms in total. The number of benzene rings is 3. The molecule has 14 heteroatoms. The Labute approximate surface area is 275 Å². The molecule has 0 aliphatic carbocycles. The van der Waals surface area contributed by atoms with Crippen LogP contribution in [0.1, 0.15) is 31.1 Å². The molecule has 1 heterocycles. The van der Waals surface area contributed by atoms with Crippen LogP contribution >= 0.6 is 50.7 Å². The summed E-state index contributed by atoms with van der Waals surface area (Å²) in [5, 5.41) is 1.45. The monoisotopic (exact) mass is 727 g/mol. The van der Waals surface area contributed by atoms with Crippen LogP contribution in [-0.4, -0.2) is 70.4 Å². The van der Waals surface area contributed by atoms with Crippen molar-refractivity contribution < 1.29 is 42.9 Å². The molecule has 4 rings (SSSR count). The van der Waals surface area contributed by atoms with Crippen LogP contribution < -0.4 is 5.32 Å². The van der Waals surface area contributed by atoms with E-state index in [1.54, 1.807) is 66.7 Å². The molecule has 0 saturated carbocycles. The molecule has 1 aliphatic heterocycles. The summed E-state index contributed by atoms with van der Waals surface area (Å²) >= 11 is 20.4. The lowest BCUT2D eigenvalue weighted by molar-refractivity contribution is -0.172. The summed E-state index contributed by atoms with van der Waals surface area (Å²) in [6, 6.07) is 23.1. The molecule has 232 valence electrons. The van der Waals surface area contributed by atoms with Crippen molar-refractivity contribution in [2.45, 2.75) is 33.2 Å². The van der Waals surface area contributed by atoms with Gasteiger partial charge in [-0.3, -0.25) is 0 Å². The number of alkyl carbamates (subject to hydrolysis) is 1. The second-order valence-electron chi connectivity index (χ2n) is 9.32. The molecule has 44 heavy (non-hydrogen) atoms. The van der Waals surface area contributed by atoms with E-state index in [-0.39, 0.29) is 16.7 Å².